The first-order chi connectivity index (χ1) is 13.2. The molecule has 2 aromatic heterocycles. The van der Waals surface area contributed by atoms with Gasteiger partial charge in [-0.2, -0.15) is 0 Å². The van der Waals surface area contributed by atoms with E-state index >= 15 is 0 Å². The van der Waals surface area contributed by atoms with E-state index in [-0.39, 0.29) is 17.5 Å². The van der Waals surface area contributed by atoms with Crippen molar-refractivity contribution in [1.82, 2.24) is 14.9 Å². The zero-order chi connectivity index (χ0) is 20.1. The third kappa shape index (κ3) is 3.39. The Bertz CT molecular complexity index is 995. The van der Waals surface area contributed by atoms with Gasteiger partial charge in [-0.1, -0.05) is 12.7 Å². The summed E-state index contributed by atoms with van der Waals surface area (Å²) in [5.41, 5.74) is 1.57. The van der Waals surface area contributed by atoms with Crippen LogP contribution in [-0.4, -0.2) is 33.1 Å². The lowest BCUT2D eigenvalue weighted by Gasteiger charge is -2.30. The summed E-state index contributed by atoms with van der Waals surface area (Å²) in [6.07, 6.45) is 3.97. The van der Waals surface area contributed by atoms with Gasteiger partial charge in [-0.15, -0.1) is 11.3 Å². The van der Waals surface area contributed by atoms with Gasteiger partial charge in [0.15, 0.2) is 0 Å². The molecule has 1 aliphatic carbocycles. The number of fused-ring (bicyclic) bond motifs is 1. The van der Waals surface area contributed by atoms with Gasteiger partial charge in [0.1, 0.15) is 11.4 Å². The maximum absolute atomic E-state index is 12.8. The molecule has 3 heterocycles. The van der Waals surface area contributed by atoms with Gasteiger partial charge in [0, 0.05) is 17.8 Å². The number of carbonyl (C=O) groups excluding carboxylic acids is 1. The quantitative estimate of drug-likeness (QED) is 0.851. The van der Waals surface area contributed by atoms with Crippen LogP contribution in [0.2, 0.25) is 0 Å². The maximum atomic E-state index is 12.8. The summed E-state index contributed by atoms with van der Waals surface area (Å²) in [5, 5.41) is 2.08. The van der Waals surface area contributed by atoms with Gasteiger partial charge < -0.3 is 14.6 Å². The number of carbonyl (C=O) groups is 1. The molecule has 2 aliphatic rings. The summed E-state index contributed by atoms with van der Waals surface area (Å²) < 4.78 is 5.44. The third-order valence-electron chi connectivity index (χ3n) is 5.25. The molecule has 7 heteroatoms. The van der Waals surface area contributed by atoms with Crippen molar-refractivity contribution in [2.45, 2.75) is 57.6 Å². The average Bonchev–Trinajstić information content (AvgIpc) is 3.30. The predicted octanol–water partition coefficient (Wildman–Crippen LogP) is 3.85. The van der Waals surface area contributed by atoms with E-state index in [9.17, 15) is 9.59 Å². The monoisotopic (exact) mass is 399 g/mol. The fourth-order valence-corrected chi connectivity index (χ4v) is 4.73. The zero-order valence-electron chi connectivity index (χ0n) is 16.5. The molecule has 1 N–H and O–H groups in total. The summed E-state index contributed by atoms with van der Waals surface area (Å²) in [7, 11) is 0. The number of nitrogens with one attached hydrogen (secondary N) is 1. The maximum Gasteiger partial charge on any atom is 0.410 e. The molecule has 1 saturated carbocycles. The topological polar surface area (TPSA) is 75.3 Å². The SMILES string of the molecule is C=Cc1csc(C2(c3nc4c(c(=O)[nH]3)CN(C(=O)OC(C)(C)C)CC4)CC2)c1. The number of hydrogen-bond donors (Lipinski definition) is 1. The van der Waals surface area contributed by atoms with Crippen molar-refractivity contribution in [2.75, 3.05) is 6.54 Å². The molecule has 0 radical (unpaired) electrons. The van der Waals surface area contributed by atoms with Crippen molar-refractivity contribution < 1.29 is 9.53 Å². The largest absolute Gasteiger partial charge is 0.444 e. The molecule has 0 unspecified atom stereocenters. The third-order valence-corrected chi connectivity index (χ3v) is 6.40. The van der Waals surface area contributed by atoms with Gasteiger partial charge in [0.2, 0.25) is 0 Å². The molecule has 148 valence electrons. The molecule has 1 amide bonds. The summed E-state index contributed by atoms with van der Waals surface area (Å²) in [5.74, 6) is 0.749. The average molecular weight is 400 g/mol. The fraction of sp³-hybridized carbons (Fsp3) is 0.476. The first-order valence-electron chi connectivity index (χ1n) is 9.54. The van der Waals surface area contributed by atoms with Gasteiger partial charge >= 0.3 is 6.09 Å². The lowest BCUT2D eigenvalue weighted by atomic mass is 10.0. The van der Waals surface area contributed by atoms with Gasteiger partial charge in [0.25, 0.3) is 5.56 Å². The molecule has 0 bridgehead atoms. The minimum atomic E-state index is -0.560. The molecule has 1 fully saturated rings. The highest BCUT2D eigenvalue weighted by Gasteiger charge is 2.50. The normalized spacial score (nSPS) is 17.8. The molecule has 0 atom stereocenters. The van der Waals surface area contributed by atoms with Crippen LogP contribution >= 0.6 is 11.3 Å². The lowest BCUT2D eigenvalue weighted by molar-refractivity contribution is 0.0221. The van der Waals surface area contributed by atoms with Crippen LogP contribution < -0.4 is 5.56 Å². The van der Waals surface area contributed by atoms with Crippen molar-refractivity contribution in [2.24, 2.45) is 0 Å². The van der Waals surface area contributed by atoms with Crippen molar-refractivity contribution in [3.8, 4) is 0 Å². The van der Waals surface area contributed by atoms with Crippen LogP contribution in [0.5, 0.6) is 0 Å². The van der Waals surface area contributed by atoms with E-state index < -0.39 is 11.7 Å². The number of nitrogens with zero attached hydrogens (tertiary/aromatic N) is 2. The van der Waals surface area contributed by atoms with Crippen molar-refractivity contribution in [1.29, 1.82) is 0 Å². The van der Waals surface area contributed by atoms with Crippen LogP contribution in [0.3, 0.4) is 0 Å². The number of rotatable bonds is 3. The summed E-state index contributed by atoms with van der Waals surface area (Å²) >= 11 is 1.69. The van der Waals surface area contributed by atoms with E-state index in [2.05, 4.69) is 23.0 Å². The Kier molecular flexibility index (Phi) is 4.45. The van der Waals surface area contributed by atoms with Crippen LogP contribution in [-0.2, 0) is 23.1 Å². The van der Waals surface area contributed by atoms with Crippen molar-refractivity contribution >= 4 is 23.5 Å². The number of aromatic nitrogens is 2. The van der Waals surface area contributed by atoms with Crippen molar-refractivity contribution in [3.05, 3.63) is 55.9 Å². The molecule has 1 aliphatic heterocycles. The minimum absolute atomic E-state index is 0.153. The standard InChI is InChI=1S/C21H25N3O3S/c1-5-13-10-16(28-12-13)21(7-8-21)18-22-15-6-9-24(11-14(15)17(25)23-18)19(26)27-20(2,3)4/h5,10,12H,1,6-9,11H2,2-4H3,(H,22,23,25). The van der Waals surface area contributed by atoms with Gasteiger partial charge in [-0.05, 0) is 50.6 Å². The van der Waals surface area contributed by atoms with E-state index in [1.807, 2.05) is 26.8 Å². The summed E-state index contributed by atoms with van der Waals surface area (Å²) in [6.45, 7) is 10.1. The van der Waals surface area contributed by atoms with Crippen LogP contribution in [0.4, 0.5) is 4.79 Å². The Labute approximate surface area is 168 Å². The molecular weight excluding hydrogens is 374 g/mol. The number of amides is 1. The molecule has 2 aromatic rings. The first kappa shape index (κ1) is 18.9. The minimum Gasteiger partial charge on any atom is -0.444 e. The van der Waals surface area contributed by atoms with Crippen LogP contribution in [0, 0.1) is 0 Å². The van der Waals surface area contributed by atoms with Crippen LogP contribution in [0.15, 0.2) is 22.8 Å². The highest BCUT2D eigenvalue weighted by atomic mass is 32.1. The number of hydrogen-bond acceptors (Lipinski definition) is 5. The zero-order valence-corrected chi connectivity index (χ0v) is 17.3. The highest BCUT2D eigenvalue weighted by molar-refractivity contribution is 7.10. The van der Waals surface area contributed by atoms with Gasteiger partial charge in [0.05, 0.1) is 23.2 Å². The Morgan fingerprint density at radius 3 is 2.79 bits per heavy atom. The van der Waals surface area contributed by atoms with Crippen LogP contribution in [0.1, 0.15) is 61.1 Å². The second-order valence-electron chi connectivity index (χ2n) is 8.52. The number of thiophene rings is 1. The van der Waals surface area contributed by atoms with Crippen LogP contribution in [0.25, 0.3) is 6.08 Å². The van der Waals surface area contributed by atoms with Gasteiger partial charge in [-0.3, -0.25) is 4.79 Å². The lowest BCUT2D eigenvalue weighted by Crippen LogP contribution is -2.42. The molecule has 6 nitrogen and oxygen atoms in total. The van der Waals surface area contributed by atoms with E-state index in [1.165, 1.54) is 4.88 Å². The van der Waals surface area contributed by atoms with Gasteiger partial charge in [-0.25, -0.2) is 9.78 Å². The van der Waals surface area contributed by atoms with E-state index in [1.54, 1.807) is 16.2 Å². The molecular formula is C21H25N3O3S. The molecule has 0 spiro atoms. The Balaban J connectivity index is 1.61. The second kappa shape index (κ2) is 6.58. The molecule has 0 aromatic carbocycles. The number of aromatic amines is 1. The molecule has 0 saturated heterocycles. The van der Waals surface area contributed by atoms with E-state index in [4.69, 9.17) is 9.72 Å². The number of ether oxygens (including phenoxy) is 1. The Morgan fingerprint density at radius 1 is 1.43 bits per heavy atom. The summed E-state index contributed by atoms with van der Waals surface area (Å²) in [6, 6.07) is 2.13. The molecule has 28 heavy (non-hydrogen) atoms. The second-order valence-corrected chi connectivity index (χ2v) is 9.43. The highest BCUT2D eigenvalue weighted by Crippen LogP contribution is 2.54. The van der Waals surface area contributed by atoms with E-state index in [0.29, 0.717) is 18.5 Å². The van der Waals surface area contributed by atoms with Crippen molar-refractivity contribution in [3.63, 3.8) is 0 Å². The smallest absolute Gasteiger partial charge is 0.410 e. The predicted molar refractivity (Wildman–Crippen MR) is 110 cm³/mol. The summed E-state index contributed by atoms with van der Waals surface area (Å²) in [4.78, 5) is 35.8. The Morgan fingerprint density at radius 2 is 2.18 bits per heavy atom. The van der Waals surface area contributed by atoms with E-state index in [0.717, 1.165) is 29.9 Å². The molecule has 4 rings (SSSR count). The number of H-pyrrole nitrogens is 1. The fourth-order valence-electron chi connectivity index (χ4n) is 3.57. The Hall–Kier alpha value is -2.41. The first-order valence-corrected chi connectivity index (χ1v) is 10.4.